The average Bonchev–Trinajstić information content (AvgIpc) is 3.70. The Morgan fingerprint density at radius 1 is 1.16 bits per heavy atom. The lowest BCUT2D eigenvalue weighted by molar-refractivity contribution is -0.615. The topological polar surface area (TPSA) is 127 Å². The van der Waals surface area contributed by atoms with Crippen molar-refractivity contribution in [1.82, 2.24) is 30.0 Å². The van der Waals surface area contributed by atoms with Crippen molar-refractivity contribution in [3.05, 3.63) is 94.8 Å². The molecule has 0 bridgehead atoms. The number of anilines is 1. The summed E-state index contributed by atoms with van der Waals surface area (Å²) in [5.74, 6) is 0. The summed E-state index contributed by atoms with van der Waals surface area (Å²) in [5, 5.41) is 32.7. The zero-order valence-corrected chi connectivity index (χ0v) is 20.9. The van der Waals surface area contributed by atoms with Gasteiger partial charge >= 0.3 is 6.09 Å². The fourth-order valence-corrected chi connectivity index (χ4v) is 4.97. The molecule has 0 spiro atoms. The van der Waals surface area contributed by atoms with E-state index in [1.54, 1.807) is 35.1 Å². The summed E-state index contributed by atoms with van der Waals surface area (Å²) in [7, 11) is 1.31. The van der Waals surface area contributed by atoms with Crippen LogP contribution in [0.2, 0.25) is 5.02 Å². The molecule has 11 nitrogen and oxygen atoms in total. The molecule has 12 heteroatoms. The number of methoxy groups -OCH3 is 1. The third-order valence-electron chi connectivity index (χ3n) is 6.56. The van der Waals surface area contributed by atoms with Gasteiger partial charge in [-0.1, -0.05) is 23.7 Å². The normalized spacial score (nSPS) is 14.3. The van der Waals surface area contributed by atoms with Crippen LogP contribution in [0.5, 0.6) is 0 Å². The smallest absolute Gasteiger partial charge is 0.411 e. The summed E-state index contributed by atoms with van der Waals surface area (Å²) in [4.78, 5) is 11.4. The lowest BCUT2D eigenvalue weighted by Gasteiger charge is -2.14. The molecule has 0 saturated carbocycles. The van der Waals surface area contributed by atoms with Crippen LogP contribution in [0.15, 0.2) is 73.3 Å². The van der Waals surface area contributed by atoms with Crippen molar-refractivity contribution in [2.45, 2.75) is 18.9 Å². The highest BCUT2D eigenvalue weighted by atomic mass is 35.5. The highest BCUT2D eigenvalue weighted by Crippen LogP contribution is 2.36. The molecule has 3 heterocycles. The number of carbonyl (C=O) groups is 1. The van der Waals surface area contributed by atoms with Crippen LogP contribution < -0.4 is 10.0 Å². The van der Waals surface area contributed by atoms with Gasteiger partial charge in [0.15, 0.2) is 6.20 Å². The third kappa shape index (κ3) is 4.33. The Labute approximate surface area is 221 Å². The lowest BCUT2D eigenvalue weighted by Crippen LogP contribution is -2.34. The molecule has 3 aromatic heterocycles. The molecule has 0 fully saturated rings. The van der Waals surface area contributed by atoms with E-state index in [0.29, 0.717) is 16.4 Å². The summed E-state index contributed by atoms with van der Waals surface area (Å²) in [5.41, 5.74) is 6.11. The van der Waals surface area contributed by atoms with E-state index in [1.165, 1.54) is 13.4 Å². The van der Waals surface area contributed by atoms with Crippen molar-refractivity contribution in [1.29, 1.82) is 0 Å². The Balaban J connectivity index is 1.30. The summed E-state index contributed by atoms with van der Waals surface area (Å²) in [6.45, 7) is 0. The van der Waals surface area contributed by atoms with Crippen LogP contribution >= 0.6 is 11.6 Å². The number of halogens is 1. The number of aryl methyl sites for hydroxylation is 1. The Hall–Kier alpha value is -4.77. The van der Waals surface area contributed by atoms with Crippen LogP contribution in [0.4, 0.5) is 10.5 Å². The number of fused-ring (bicyclic) bond motifs is 1. The van der Waals surface area contributed by atoms with Crippen LogP contribution in [0.3, 0.4) is 0 Å². The number of hydrogen-bond donors (Lipinski definition) is 1. The maximum Gasteiger partial charge on any atom is 0.411 e. The second kappa shape index (κ2) is 9.60. The maximum absolute atomic E-state index is 13.3. The molecule has 38 heavy (non-hydrogen) atoms. The number of aromatic nitrogens is 7. The van der Waals surface area contributed by atoms with Crippen molar-refractivity contribution in [3.8, 4) is 28.1 Å². The first kappa shape index (κ1) is 23.6. The number of pyridine rings is 1. The van der Waals surface area contributed by atoms with Gasteiger partial charge in [0.05, 0.1) is 18.5 Å². The van der Waals surface area contributed by atoms with Crippen LogP contribution in [0.1, 0.15) is 23.7 Å². The van der Waals surface area contributed by atoms with Crippen LogP contribution in [0.25, 0.3) is 28.1 Å². The number of nitrogens with zero attached hydrogens (tertiary/aromatic N) is 7. The van der Waals surface area contributed by atoms with Crippen molar-refractivity contribution in [2.24, 2.45) is 0 Å². The molecule has 6 rings (SSSR count). The van der Waals surface area contributed by atoms with Gasteiger partial charge in [0, 0.05) is 39.2 Å². The van der Waals surface area contributed by atoms with E-state index in [0.717, 1.165) is 51.2 Å². The zero-order valence-electron chi connectivity index (χ0n) is 20.2. The van der Waals surface area contributed by atoms with Crippen LogP contribution in [-0.2, 0) is 11.2 Å². The second-order valence-corrected chi connectivity index (χ2v) is 9.25. The highest BCUT2D eigenvalue weighted by Gasteiger charge is 2.33. The van der Waals surface area contributed by atoms with Gasteiger partial charge in [0.2, 0.25) is 5.69 Å². The van der Waals surface area contributed by atoms with Gasteiger partial charge in [-0.15, -0.1) is 5.10 Å². The first-order valence-corrected chi connectivity index (χ1v) is 12.2. The average molecular weight is 529 g/mol. The van der Waals surface area contributed by atoms with E-state index < -0.39 is 6.09 Å². The van der Waals surface area contributed by atoms with Crippen LogP contribution in [0, 0.1) is 5.21 Å². The third-order valence-corrected chi connectivity index (χ3v) is 6.80. The van der Waals surface area contributed by atoms with Crippen LogP contribution in [-0.4, -0.2) is 43.2 Å². The Morgan fingerprint density at radius 3 is 2.76 bits per heavy atom. The van der Waals surface area contributed by atoms with Gasteiger partial charge in [0.1, 0.15) is 12.4 Å². The number of carbonyl (C=O) groups excluding carboxylic acids is 1. The molecular formula is C26H21ClN8O3. The Bertz CT molecular complexity index is 1630. The monoisotopic (exact) mass is 528 g/mol. The summed E-state index contributed by atoms with van der Waals surface area (Å²) in [6, 6.07) is 16.4. The lowest BCUT2D eigenvalue weighted by atomic mass is 10.0. The van der Waals surface area contributed by atoms with E-state index in [1.807, 2.05) is 41.2 Å². The number of rotatable bonds is 5. The minimum Gasteiger partial charge on any atom is -0.618 e. The van der Waals surface area contributed by atoms with E-state index in [9.17, 15) is 10.0 Å². The zero-order chi connectivity index (χ0) is 26.2. The second-order valence-electron chi connectivity index (χ2n) is 8.81. The molecule has 0 saturated heterocycles. The van der Waals surface area contributed by atoms with Crippen molar-refractivity contribution in [2.75, 3.05) is 12.4 Å². The van der Waals surface area contributed by atoms with Gasteiger partial charge < -0.3 is 9.94 Å². The number of amides is 1. The summed E-state index contributed by atoms with van der Waals surface area (Å²) in [6.07, 6.45) is 5.90. The van der Waals surface area contributed by atoms with E-state index in [2.05, 4.69) is 25.6 Å². The number of tetrazole rings is 1. The molecule has 2 aromatic carbocycles. The molecular weight excluding hydrogens is 508 g/mol. The molecule has 190 valence electrons. The first-order chi connectivity index (χ1) is 18.5. The predicted octanol–water partition coefficient (Wildman–Crippen LogP) is 4.19. The van der Waals surface area contributed by atoms with Gasteiger partial charge in [-0.05, 0) is 65.7 Å². The quantitative estimate of drug-likeness (QED) is 0.267. The molecule has 1 amide bonds. The largest absolute Gasteiger partial charge is 0.618 e. The minimum atomic E-state index is -0.530. The number of ether oxygens (including phenoxy) is 1. The van der Waals surface area contributed by atoms with E-state index in [4.69, 9.17) is 16.7 Å². The highest BCUT2D eigenvalue weighted by molar-refractivity contribution is 6.31. The van der Waals surface area contributed by atoms with Crippen molar-refractivity contribution < 1.29 is 14.3 Å². The molecule has 1 aliphatic carbocycles. The van der Waals surface area contributed by atoms with Gasteiger partial charge in [-0.2, -0.15) is 14.5 Å². The van der Waals surface area contributed by atoms with E-state index in [-0.39, 0.29) is 6.04 Å². The number of hydrogen-bond acceptors (Lipinski definition) is 7. The molecule has 1 unspecified atom stereocenters. The van der Waals surface area contributed by atoms with Crippen molar-refractivity contribution >= 4 is 23.4 Å². The molecule has 0 radical (unpaired) electrons. The molecule has 1 aliphatic rings. The molecule has 1 atom stereocenters. The molecule has 5 aromatic rings. The Morgan fingerprint density at radius 2 is 2.00 bits per heavy atom. The summed E-state index contributed by atoms with van der Waals surface area (Å²) >= 11 is 6.30. The van der Waals surface area contributed by atoms with Crippen molar-refractivity contribution in [3.63, 3.8) is 0 Å². The maximum atomic E-state index is 13.3. The molecule has 1 N–H and O–H groups in total. The standard InChI is InChI=1S/C26H21ClN8O3/c1-38-26(36)29-20-6-2-16(3-7-20)22-10-11-33(30-22)24-8-4-17-12-18(14-35(37)25(17)24)21-13-19(27)5-9-23(21)34-15-28-31-32-34/h2-3,5-7,9-15,24H,4,8H2,1H3,(H,29,36). The number of benzene rings is 2. The minimum absolute atomic E-state index is 0.191. The fourth-order valence-electron chi connectivity index (χ4n) is 4.80. The van der Waals surface area contributed by atoms with Gasteiger partial charge in [-0.3, -0.25) is 10.00 Å². The first-order valence-electron chi connectivity index (χ1n) is 11.8. The number of nitrogens with one attached hydrogen (secondary N) is 1. The van der Waals surface area contributed by atoms with E-state index >= 15 is 0 Å². The van der Waals surface area contributed by atoms with Gasteiger partial charge in [0.25, 0.3) is 0 Å². The predicted molar refractivity (Wildman–Crippen MR) is 139 cm³/mol. The fraction of sp³-hybridized carbons (Fsp3) is 0.154. The Kier molecular flexibility index (Phi) is 5.97. The summed E-state index contributed by atoms with van der Waals surface area (Å²) < 4.78 is 8.93. The SMILES string of the molecule is COC(=O)Nc1ccc(-c2ccn(C3CCc4cc(-c5cc(Cl)ccc5-n5cnnn5)c[n+]([O-])c43)n2)cc1. The van der Waals surface area contributed by atoms with Gasteiger partial charge in [-0.25, -0.2) is 4.79 Å². The molecule has 0 aliphatic heterocycles.